The van der Waals surface area contributed by atoms with Gasteiger partial charge in [0.1, 0.15) is 0 Å². The van der Waals surface area contributed by atoms with E-state index in [-0.39, 0.29) is 15.6 Å². The van der Waals surface area contributed by atoms with Crippen LogP contribution in [0.15, 0.2) is 18.2 Å². The van der Waals surface area contributed by atoms with Crippen molar-refractivity contribution in [3.63, 3.8) is 0 Å². The van der Waals surface area contributed by atoms with E-state index in [1.54, 1.807) is 5.56 Å². The fourth-order valence-corrected chi connectivity index (χ4v) is 3.93. The molecule has 0 amide bonds. The molecule has 1 aromatic rings. The van der Waals surface area contributed by atoms with Crippen LogP contribution in [0.1, 0.15) is 34.3 Å². The molecule has 0 spiro atoms. The van der Waals surface area contributed by atoms with Gasteiger partial charge in [0.2, 0.25) is 0 Å². The molecule has 1 saturated heterocycles. The van der Waals surface area contributed by atoms with Gasteiger partial charge in [-0.3, -0.25) is 0 Å². The zero-order chi connectivity index (χ0) is 9.97. The maximum absolute atomic E-state index is 5.67. The van der Waals surface area contributed by atoms with Gasteiger partial charge in [0.05, 0.1) is 0 Å². The van der Waals surface area contributed by atoms with E-state index >= 15 is 0 Å². The second-order valence-corrected chi connectivity index (χ2v) is 5.93. The molecule has 1 unspecified atom stereocenters. The molecule has 0 N–H and O–H groups in total. The van der Waals surface area contributed by atoms with E-state index in [0.29, 0.717) is 0 Å². The number of benzene rings is 1. The van der Waals surface area contributed by atoms with Crippen LogP contribution in [-0.4, -0.2) is 22.2 Å². The van der Waals surface area contributed by atoms with Crippen molar-refractivity contribution < 1.29 is 3.79 Å². The maximum Gasteiger partial charge on any atom is 0.443 e. The Morgan fingerprint density at radius 1 is 1.36 bits per heavy atom. The van der Waals surface area contributed by atoms with Gasteiger partial charge >= 0.3 is 15.6 Å². The lowest BCUT2D eigenvalue weighted by atomic mass is 9.98. The summed E-state index contributed by atoms with van der Waals surface area (Å²) in [4.78, 5) is 0. The van der Waals surface area contributed by atoms with E-state index in [1.165, 1.54) is 24.0 Å². The van der Waals surface area contributed by atoms with Crippen molar-refractivity contribution >= 4 is 15.6 Å². The Morgan fingerprint density at radius 3 is 2.93 bits per heavy atom. The molecule has 74 valence electrons. The van der Waals surface area contributed by atoms with Crippen molar-refractivity contribution in [2.75, 3.05) is 6.61 Å². The topological polar surface area (TPSA) is 9.23 Å². The molecule has 0 radical (unpaired) electrons. The van der Waals surface area contributed by atoms with Crippen molar-refractivity contribution in [2.24, 2.45) is 0 Å². The Hall–Kier alpha value is -0.288. The molecule has 2 rings (SSSR count). The molecule has 1 aromatic carbocycles. The van der Waals surface area contributed by atoms with Gasteiger partial charge in [-0.05, 0) is 36.2 Å². The number of rotatable bonds is 1. The highest BCUT2D eigenvalue weighted by molar-refractivity contribution is 6.30. The van der Waals surface area contributed by atoms with Gasteiger partial charge in [-0.15, -0.1) is 0 Å². The van der Waals surface area contributed by atoms with Gasteiger partial charge in [0.15, 0.2) is 0 Å². The lowest BCUT2D eigenvalue weighted by Crippen LogP contribution is -2.19. The predicted molar refractivity (Wildman–Crippen MR) is 61.0 cm³/mol. The minimum absolute atomic E-state index is 0.313. The summed E-state index contributed by atoms with van der Waals surface area (Å²) >= 11 is -0.313. The quantitative estimate of drug-likeness (QED) is 0.639. The Kier molecular flexibility index (Phi) is 3.28. The van der Waals surface area contributed by atoms with Gasteiger partial charge in [0, 0.05) is 6.61 Å². The summed E-state index contributed by atoms with van der Waals surface area (Å²) < 4.78 is 6.44. The van der Waals surface area contributed by atoms with Crippen LogP contribution in [-0.2, 0) is 3.79 Å². The summed E-state index contributed by atoms with van der Waals surface area (Å²) in [5.74, 6) is 0. The van der Waals surface area contributed by atoms with E-state index in [0.717, 1.165) is 11.4 Å². The summed E-state index contributed by atoms with van der Waals surface area (Å²) in [7, 11) is 0. The van der Waals surface area contributed by atoms with Crippen LogP contribution in [0, 0.1) is 13.8 Å². The minimum atomic E-state index is -0.313. The molecule has 0 aliphatic carbocycles. The Labute approximate surface area is 92.5 Å². The normalized spacial score (nSPS) is 21.7. The molecular formula is C12H17AlO. The maximum atomic E-state index is 5.67. The van der Waals surface area contributed by atoms with Crippen molar-refractivity contribution in [3.05, 3.63) is 34.9 Å². The summed E-state index contributed by atoms with van der Waals surface area (Å²) in [5, 5.41) is 0. The largest absolute Gasteiger partial charge is 0.503 e. The molecule has 1 aliphatic heterocycles. The summed E-state index contributed by atoms with van der Waals surface area (Å²) in [6.45, 7) is 5.45. The first kappa shape index (κ1) is 10.2. The zero-order valence-electron chi connectivity index (χ0n) is 9.05. The van der Waals surface area contributed by atoms with Gasteiger partial charge < -0.3 is 3.79 Å². The second kappa shape index (κ2) is 4.49. The van der Waals surface area contributed by atoms with E-state index in [1.807, 2.05) is 0 Å². The molecule has 1 nitrogen and oxygen atoms in total. The zero-order valence-corrected chi connectivity index (χ0v) is 10.5. The third-order valence-corrected chi connectivity index (χ3v) is 5.02. The molecule has 14 heavy (non-hydrogen) atoms. The number of hydrogen-bond donors (Lipinski definition) is 0. The number of hydrogen-bond acceptors (Lipinski definition) is 1. The Balaban J connectivity index is 2.26. The number of aryl methyl sites for hydroxylation is 1. The Bertz CT molecular complexity index is 316. The van der Waals surface area contributed by atoms with Gasteiger partial charge in [-0.2, -0.15) is 0 Å². The molecule has 1 fully saturated rings. The van der Waals surface area contributed by atoms with E-state index < -0.39 is 0 Å². The minimum Gasteiger partial charge on any atom is -0.503 e. The summed E-state index contributed by atoms with van der Waals surface area (Å²) in [6, 6.07) is 6.67. The van der Waals surface area contributed by atoms with Crippen LogP contribution < -0.4 is 0 Å². The van der Waals surface area contributed by atoms with Crippen LogP contribution in [0.3, 0.4) is 0 Å². The molecule has 2 heteroatoms. The monoisotopic (exact) mass is 204 g/mol. The van der Waals surface area contributed by atoms with Crippen molar-refractivity contribution in [2.45, 2.75) is 31.5 Å². The Morgan fingerprint density at radius 2 is 2.21 bits per heavy atom. The first-order chi connectivity index (χ1) is 6.79. The van der Waals surface area contributed by atoms with Crippen LogP contribution in [0.2, 0.25) is 0 Å². The van der Waals surface area contributed by atoms with Gasteiger partial charge in [0.25, 0.3) is 0 Å². The predicted octanol–water partition coefficient (Wildman–Crippen LogP) is 2.51. The molecular weight excluding hydrogens is 187 g/mol. The average Bonchev–Trinajstić information content (AvgIpc) is 2.23. The van der Waals surface area contributed by atoms with Crippen LogP contribution in [0.25, 0.3) is 0 Å². The van der Waals surface area contributed by atoms with Crippen LogP contribution in [0.4, 0.5) is 0 Å². The standard InChI is InChI=1S/C12H16O.Al.H/c1-10-6-5-8-12(11(10)2)7-3-4-9-13;;/h5-8H,3-4,9H2,1-2H3;;/q-1;+1;. The highest BCUT2D eigenvalue weighted by atomic mass is 27.1. The lowest BCUT2D eigenvalue weighted by Gasteiger charge is -2.23. The molecule has 1 atom stereocenters. The lowest BCUT2D eigenvalue weighted by molar-refractivity contribution is 0.288. The fraction of sp³-hybridized carbons (Fsp3) is 0.500. The SMILES string of the molecule is Cc1cccc([CH]2CCC[O][AlH]2)c1C. The van der Waals surface area contributed by atoms with E-state index in [2.05, 4.69) is 32.0 Å². The smallest absolute Gasteiger partial charge is 0.443 e. The summed E-state index contributed by atoms with van der Waals surface area (Å²) in [6.07, 6.45) is 2.58. The molecule has 1 heterocycles. The van der Waals surface area contributed by atoms with Crippen molar-refractivity contribution in [1.82, 2.24) is 0 Å². The third kappa shape index (κ3) is 2.03. The molecule has 1 aliphatic rings. The van der Waals surface area contributed by atoms with Gasteiger partial charge in [-0.25, -0.2) is 0 Å². The first-order valence-corrected chi connectivity index (χ1v) is 6.82. The summed E-state index contributed by atoms with van der Waals surface area (Å²) in [5.41, 5.74) is 4.45. The highest BCUT2D eigenvalue weighted by Gasteiger charge is 2.21. The van der Waals surface area contributed by atoms with Crippen LogP contribution >= 0.6 is 0 Å². The van der Waals surface area contributed by atoms with Crippen molar-refractivity contribution in [1.29, 1.82) is 0 Å². The van der Waals surface area contributed by atoms with E-state index in [4.69, 9.17) is 3.79 Å². The average molecular weight is 204 g/mol. The highest BCUT2D eigenvalue weighted by Crippen LogP contribution is 2.27. The fourth-order valence-electron chi connectivity index (χ4n) is 2.20. The molecule has 0 saturated carbocycles. The van der Waals surface area contributed by atoms with Crippen molar-refractivity contribution in [3.8, 4) is 0 Å². The van der Waals surface area contributed by atoms with Gasteiger partial charge in [-0.1, -0.05) is 30.2 Å². The van der Waals surface area contributed by atoms with E-state index in [9.17, 15) is 0 Å². The second-order valence-electron chi connectivity index (χ2n) is 4.20. The van der Waals surface area contributed by atoms with Crippen LogP contribution in [0.5, 0.6) is 0 Å². The third-order valence-electron chi connectivity index (χ3n) is 3.25. The molecule has 0 aromatic heterocycles. The molecule has 0 bridgehead atoms. The first-order valence-electron chi connectivity index (χ1n) is 5.43.